The van der Waals surface area contributed by atoms with E-state index < -0.39 is 0 Å². The Morgan fingerprint density at radius 2 is 1.95 bits per heavy atom. The summed E-state index contributed by atoms with van der Waals surface area (Å²) >= 11 is 0. The predicted octanol–water partition coefficient (Wildman–Crippen LogP) is 2.56. The molecule has 1 aliphatic carbocycles. The quantitative estimate of drug-likeness (QED) is 0.772. The molecule has 4 atom stereocenters. The molecule has 3 rings (SSSR count). The summed E-state index contributed by atoms with van der Waals surface area (Å²) in [5.74, 6) is 2.03. The number of carbonyl (C=O) groups excluding carboxylic acids is 1. The highest BCUT2D eigenvalue weighted by atomic mass is 16.5. The van der Waals surface area contributed by atoms with Crippen LogP contribution in [0.3, 0.4) is 0 Å². The molecule has 20 heavy (non-hydrogen) atoms. The SMILES string of the molecule is CCOC(=O)[C@H](C)C1[C@H]2CN(Cc3ccccc3)C[C@@H]12. The minimum absolute atomic E-state index is 0.0125. The van der Waals surface area contributed by atoms with Crippen molar-refractivity contribution in [2.45, 2.75) is 20.4 Å². The Kier molecular flexibility index (Phi) is 3.79. The van der Waals surface area contributed by atoms with Crippen LogP contribution in [0, 0.1) is 23.7 Å². The summed E-state index contributed by atoms with van der Waals surface area (Å²) in [6, 6.07) is 10.6. The fourth-order valence-corrected chi connectivity index (χ4v) is 3.80. The lowest BCUT2D eigenvalue weighted by molar-refractivity contribution is -0.148. The summed E-state index contributed by atoms with van der Waals surface area (Å²) < 4.78 is 5.14. The van der Waals surface area contributed by atoms with Gasteiger partial charge in [0.1, 0.15) is 0 Å². The average molecular weight is 273 g/mol. The van der Waals surface area contributed by atoms with Crippen LogP contribution < -0.4 is 0 Å². The predicted molar refractivity (Wildman–Crippen MR) is 78.0 cm³/mol. The van der Waals surface area contributed by atoms with Gasteiger partial charge in [-0.15, -0.1) is 0 Å². The zero-order chi connectivity index (χ0) is 14.1. The first-order valence-corrected chi connectivity index (χ1v) is 7.63. The molecule has 3 nitrogen and oxygen atoms in total. The molecule has 3 heteroatoms. The van der Waals surface area contributed by atoms with Crippen LogP contribution in [0.5, 0.6) is 0 Å². The van der Waals surface area contributed by atoms with Gasteiger partial charge in [-0.05, 0) is 30.2 Å². The third-order valence-electron chi connectivity index (χ3n) is 4.82. The lowest BCUT2D eigenvalue weighted by Crippen LogP contribution is -2.27. The van der Waals surface area contributed by atoms with Crippen molar-refractivity contribution in [3.63, 3.8) is 0 Å². The molecule has 1 aromatic carbocycles. The van der Waals surface area contributed by atoms with Gasteiger partial charge >= 0.3 is 5.97 Å². The van der Waals surface area contributed by atoms with E-state index in [2.05, 4.69) is 35.2 Å². The fraction of sp³-hybridized carbons (Fsp3) is 0.588. The highest BCUT2D eigenvalue weighted by Gasteiger charge is 2.58. The monoisotopic (exact) mass is 273 g/mol. The molecule has 0 amide bonds. The Labute approximate surface area is 120 Å². The molecule has 2 aliphatic rings. The number of ether oxygens (including phenoxy) is 1. The molecule has 1 saturated heterocycles. The van der Waals surface area contributed by atoms with Crippen molar-refractivity contribution in [3.05, 3.63) is 35.9 Å². The van der Waals surface area contributed by atoms with Crippen LogP contribution in [0.25, 0.3) is 0 Å². The van der Waals surface area contributed by atoms with Crippen LogP contribution in [-0.2, 0) is 16.1 Å². The molecular weight excluding hydrogens is 250 g/mol. The Bertz CT molecular complexity index is 461. The molecule has 1 heterocycles. The number of carbonyl (C=O) groups is 1. The van der Waals surface area contributed by atoms with Gasteiger partial charge in [0, 0.05) is 19.6 Å². The standard InChI is InChI=1S/C17H23NO2/c1-3-20-17(19)12(2)16-14-10-18(11-15(14)16)9-13-7-5-4-6-8-13/h4-8,12,14-16H,3,9-11H2,1-2H3/t12-,14-,15+,16?/m1/s1. The van der Waals surface area contributed by atoms with Crippen LogP contribution >= 0.6 is 0 Å². The number of fused-ring (bicyclic) bond motifs is 1. The molecule has 0 aromatic heterocycles. The number of piperidine rings is 1. The van der Waals surface area contributed by atoms with Crippen molar-refractivity contribution in [2.75, 3.05) is 19.7 Å². The Hall–Kier alpha value is -1.35. The maximum atomic E-state index is 11.8. The third kappa shape index (κ3) is 2.59. The molecule has 108 valence electrons. The van der Waals surface area contributed by atoms with Crippen LogP contribution in [0.15, 0.2) is 30.3 Å². The van der Waals surface area contributed by atoms with E-state index in [0.717, 1.165) is 19.6 Å². The van der Waals surface area contributed by atoms with Crippen molar-refractivity contribution in [1.82, 2.24) is 4.90 Å². The minimum Gasteiger partial charge on any atom is -0.466 e. The number of rotatable bonds is 5. The summed E-state index contributed by atoms with van der Waals surface area (Å²) in [6.07, 6.45) is 0. The van der Waals surface area contributed by atoms with Crippen molar-refractivity contribution in [3.8, 4) is 0 Å². The second-order valence-corrected chi connectivity index (χ2v) is 6.13. The number of hydrogen-bond donors (Lipinski definition) is 0. The second-order valence-electron chi connectivity index (χ2n) is 6.13. The zero-order valence-electron chi connectivity index (χ0n) is 12.3. The summed E-state index contributed by atoms with van der Waals surface area (Å²) in [6.45, 7) is 7.70. The van der Waals surface area contributed by atoms with Gasteiger partial charge in [-0.2, -0.15) is 0 Å². The fourth-order valence-electron chi connectivity index (χ4n) is 3.80. The van der Waals surface area contributed by atoms with Gasteiger partial charge in [0.15, 0.2) is 0 Å². The molecule has 1 saturated carbocycles. The number of hydrogen-bond acceptors (Lipinski definition) is 3. The van der Waals surface area contributed by atoms with Crippen LogP contribution in [0.1, 0.15) is 19.4 Å². The van der Waals surface area contributed by atoms with Crippen LogP contribution in [0.2, 0.25) is 0 Å². The minimum atomic E-state index is -0.0125. The molecule has 0 bridgehead atoms. The average Bonchev–Trinajstić information content (AvgIpc) is 2.95. The number of likely N-dealkylation sites (tertiary alicyclic amines) is 1. The van der Waals surface area contributed by atoms with E-state index in [9.17, 15) is 4.79 Å². The van der Waals surface area contributed by atoms with E-state index in [-0.39, 0.29) is 11.9 Å². The molecule has 0 spiro atoms. The summed E-state index contributed by atoms with van der Waals surface area (Å²) in [4.78, 5) is 14.3. The second kappa shape index (κ2) is 5.57. The first-order valence-electron chi connectivity index (χ1n) is 7.63. The highest BCUT2D eigenvalue weighted by Crippen LogP contribution is 2.55. The molecular formula is C17H23NO2. The normalized spacial score (nSPS) is 29.8. The van der Waals surface area contributed by atoms with Crippen molar-refractivity contribution < 1.29 is 9.53 Å². The Morgan fingerprint density at radius 1 is 1.30 bits per heavy atom. The van der Waals surface area contributed by atoms with Gasteiger partial charge in [-0.1, -0.05) is 37.3 Å². The maximum absolute atomic E-state index is 11.8. The third-order valence-corrected chi connectivity index (χ3v) is 4.82. The molecule has 1 aliphatic heterocycles. The van der Waals surface area contributed by atoms with Crippen LogP contribution in [0.4, 0.5) is 0 Å². The topological polar surface area (TPSA) is 29.5 Å². The molecule has 2 fully saturated rings. The Balaban J connectivity index is 1.49. The Morgan fingerprint density at radius 3 is 2.55 bits per heavy atom. The summed E-state index contributed by atoms with van der Waals surface area (Å²) in [5, 5.41) is 0. The molecule has 0 N–H and O–H groups in total. The molecule has 1 aromatic rings. The highest BCUT2D eigenvalue weighted by molar-refractivity contribution is 5.73. The molecule has 0 radical (unpaired) electrons. The summed E-state index contributed by atoms with van der Waals surface area (Å²) in [5.41, 5.74) is 1.38. The first-order chi connectivity index (χ1) is 9.70. The van der Waals surface area contributed by atoms with Crippen molar-refractivity contribution in [1.29, 1.82) is 0 Å². The van der Waals surface area contributed by atoms with E-state index in [1.165, 1.54) is 5.56 Å². The van der Waals surface area contributed by atoms with E-state index in [4.69, 9.17) is 4.74 Å². The smallest absolute Gasteiger partial charge is 0.308 e. The lowest BCUT2D eigenvalue weighted by Gasteiger charge is -2.21. The van der Waals surface area contributed by atoms with Gasteiger partial charge in [0.05, 0.1) is 12.5 Å². The van der Waals surface area contributed by atoms with E-state index in [1.54, 1.807) is 0 Å². The summed E-state index contributed by atoms with van der Waals surface area (Å²) in [7, 11) is 0. The van der Waals surface area contributed by atoms with Gasteiger partial charge in [-0.25, -0.2) is 0 Å². The van der Waals surface area contributed by atoms with Crippen molar-refractivity contribution in [2.24, 2.45) is 23.7 Å². The van der Waals surface area contributed by atoms with Gasteiger partial charge in [0.25, 0.3) is 0 Å². The zero-order valence-corrected chi connectivity index (χ0v) is 12.3. The van der Waals surface area contributed by atoms with Gasteiger partial charge in [-0.3, -0.25) is 9.69 Å². The first kappa shape index (κ1) is 13.6. The number of benzene rings is 1. The number of esters is 1. The molecule has 1 unspecified atom stereocenters. The maximum Gasteiger partial charge on any atom is 0.308 e. The van der Waals surface area contributed by atoms with Crippen LogP contribution in [-0.4, -0.2) is 30.6 Å². The lowest BCUT2D eigenvalue weighted by atomic mass is 10.0. The van der Waals surface area contributed by atoms with Gasteiger partial charge < -0.3 is 4.74 Å². The van der Waals surface area contributed by atoms with Gasteiger partial charge in [0.2, 0.25) is 0 Å². The van der Waals surface area contributed by atoms with Crippen molar-refractivity contribution >= 4 is 5.97 Å². The van der Waals surface area contributed by atoms with E-state index in [1.807, 2.05) is 13.8 Å². The van der Waals surface area contributed by atoms with E-state index in [0.29, 0.717) is 24.4 Å². The number of nitrogens with zero attached hydrogens (tertiary/aromatic N) is 1. The van der Waals surface area contributed by atoms with E-state index >= 15 is 0 Å². The largest absolute Gasteiger partial charge is 0.466 e.